The Bertz CT molecular complexity index is 598. The van der Waals surface area contributed by atoms with Gasteiger partial charge in [-0.2, -0.15) is 0 Å². The fourth-order valence-electron chi connectivity index (χ4n) is 1.81. The normalized spacial score (nSPS) is 10.3. The van der Waals surface area contributed by atoms with E-state index in [-0.39, 0.29) is 45.6 Å². The van der Waals surface area contributed by atoms with Crippen LogP contribution in [-0.2, 0) is 0 Å². The topological polar surface area (TPSA) is 99.4 Å². The fourth-order valence-corrected chi connectivity index (χ4v) is 2.15. The van der Waals surface area contributed by atoms with E-state index in [2.05, 4.69) is 0 Å². The van der Waals surface area contributed by atoms with Gasteiger partial charge in [-0.3, -0.25) is 0 Å². The van der Waals surface area contributed by atoms with Crippen molar-refractivity contribution in [2.75, 3.05) is 7.11 Å². The van der Waals surface area contributed by atoms with Crippen LogP contribution in [0, 0.1) is 0 Å². The quantitative estimate of drug-likeness (QED) is 0.475. The third-order valence-electron chi connectivity index (χ3n) is 2.71. The lowest BCUT2D eigenvalue weighted by atomic mass is 10.0. The van der Waals surface area contributed by atoms with E-state index in [1.165, 1.54) is 31.4 Å². The zero-order valence-corrected chi connectivity index (χ0v) is 12.5. The molecule has 0 bridgehead atoms. The number of methoxy groups -OCH3 is 1. The molecule has 0 aliphatic carbocycles. The number of hydrogen-bond acceptors (Lipinski definition) is 6. The first-order valence-electron chi connectivity index (χ1n) is 5.42. The summed E-state index contributed by atoms with van der Waals surface area (Å²) in [7, 11) is 1.33. The van der Waals surface area contributed by atoms with Crippen LogP contribution < -0.4 is 7.80 Å². The van der Waals surface area contributed by atoms with Gasteiger partial charge in [-0.05, 0) is 12.1 Å². The van der Waals surface area contributed by atoms with Crippen molar-refractivity contribution in [3.63, 3.8) is 0 Å². The minimum absolute atomic E-state index is 0.0299. The van der Waals surface area contributed by atoms with Gasteiger partial charge in [0.15, 0.2) is 46.0 Å². The number of halogens is 1. The Morgan fingerprint density at radius 2 is 1.25 bits per heavy atom. The van der Waals surface area contributed by atoms with Gasteiger partial charge in [-0.1, -0.05) is 0 Å². The van der Waals surface area contributed by atoms with Crippen LogP contribution in [0.15, 0.2) is 24.3 Å². The molecular weight excluding hydrogens is 379 g/mol. The summed E-state index contributed by atoms with van der Waals surface area (Å²) in [5, 5.41) is 39.4. The van der Waals surface area contributed by atoms with Crippen molar-refractivity contribution in [2.24, 2.45) is 0 Å². The van der Waals surface area contributed by atoms with Gasteiger partial charge in [-0.25, -0.2) is 0 Å². The lowest BCUT2D eigenvalue weighted by molar-refractivity contribution is 0.369. The average molecular weight is 390 g/mol. The summed E-state index contributed by atoms with van der Waals surface area (Å²) >= 11 is 1.55. The molecule has 0 aromatic heterocycles. The average Bonchev–Trinajstić information content (AvgIpc) is 2.43. The Balaban J connectivity index is 2.74. The van der Waals surface area contributed by atoms with E-state index >= 15 is 0 Å². The smallest absolute Gasteiger partial charge is 0.192 e. The molecule has 0 fully saturated rings. The summed E-state index contributed by atoms with van der Waals surface area (Å²) in [6.45, 7) is 0. The van der Waals surface area contributed by atoms with Crippen molar-refractivity contribution in [2.45, 2.75) is 0 Å². The SMILES string of the molecule is COc1cc(O)cc(-c2cc(O)cc(OI)c2O)c1O. The summed E-state index contributed by atoms with van der Waals surface area (Å²) in [5.41, 5.74) is 0.202. The molecule has 0 saturated carbocycles. The molecule has 6 nitrogen and oxygen atoms in total. The summed E-state index contributed by atoms with van der Waals surface area (Å²) < 4.78 is 9.83. The van der Waals surface area contributed by atoms with Crippen LogP contribution >= 0.6 is 23.0 Å². The standard InChI is InChI=1S/C13H11IO6/c1-19-10-4-6(15)2-8(12(10)17)9-3-7(16)5-11(20-14)13(9)18/h2-5,15-18H,1H3. The maximum Gasteiger partial charge on any atom is 0.192 e. The highest BCUT2D eigenvalue weighted by molar-refractivity contribution is 14.1. The molecule has 2 rings (SSSR count). The minimum atomic E-state index is -0.278. The minimum Gasteiger partial charge on any atom is -0.508 e. The summed E-state index contributed by atoms with van der Waals surface area (Å²) in [4.78, 5) is 0. The zero-order chi connectivity index (χ0) is 14.9. The Morgan fingerprint density at radius 3 is 1.70 bits per heavy atom. The van der Waals surface area contributed by atoms with Crippen LogP contribution in [0.4, 0.5) is 0 Å². The van der Waals surface area contributed by atoms with E-state index in [1.807, 2.05) is 0 Å². The van der Waals surface area contributed by atoms with Crippen LogP contribution in [0.25, 0.3) is 11.1 Å². The Kier molecular flexibility index (Phi) is 3.98. The number of phenolic OH excluding ortho intramolecular Hbond substituents is 4. The van der Waals surface area contributed by atoms with Crippen LogP contribution in [0.2, 0.25) is 0 Å². The third kappa shape index (κ3) is 2.48. The van der Waals surface area contributed by atoms with Crippen LogP contribution in [0.1, 0.15) is 0 Å². The molecule has 0 spiro atoms. The number of rotatable bonds is 3. The number of benzene rings is 2. The molecule has 0 atom stereocenters. The number of ether oxygens (including phenoxy) is 1. The van der Waals surface area contributed by atoms with Gasteiger partial charge in [0.1, 0.15) is 11.5 Å². The molecule has 7 heteroatoms. The Hall–Kier alpha value is -2.03. The molecule has 0 saturated heterocycles. The van der Waals surface area contributed by atoms with Gasteiger partial charge in [0.25, 0.3) is 0 Å². The molecule has 2 aromatic rings. The molecule has 0 unspecified atom stereocenters. The van der Waals surface area contributed by atoms with Gasteiger partial charge < -0.3 is 28.2 Å². The molecule has 0 aliphatic rings. The van der Waals surface area contributed by atoms with Crippen molar-refractivity contribution in [3.8, 4) is 45.6 Å². The van der Waals surface area contributed by atoms with E-state index in [0.717, 1.165) is 0 Å². The van der Waals surface area contributed by atoms with Gasteiger partial charge in [0, 0.05) is 23.3 Å². The Morgan fingerprint density at radius 1 is 0.800 bits per heavy atom. The van der Waals surface area contributed by atoms with Gasteiger partial charge in [0.05, 0.1) is 7.11 Å². The highest BCUT2D eigenvalue weighted by atomic mass is 127. The van der Waals surface area contributed by atoms with E-state index in [4.69, 9.17) is 7.80 Å². The number of phenols is 4. The molecule has 0 heterocycles. The highest BCUT2D eigenvalue weighted by Crippen LogP contribution is 2.47. The molecule has 2 aromatic carbocycles. The first kappa shape index (κ1) is 14.4. The molecule has 106 valence electrons. The second-order valence-corrected chi connectivity index (χ2v) is 4.40. The first-order valence-corrected chi connectivity index (χ1v) is 6.31. The highest BCUT2D eigenvalue weighted by Gasteiger charge is 2.19. The maximum absolute atomic E-state index is 10.1. The molecule has 4 N–H and O–H groups in total. The number of hydrogen-bond donors (Lipinski definition) is 4. The van der Waals surface area contributed by atoms with Crippen molar-refractivity contribution < 1.29 is 28.2 Å². The van der Waals surface area contributed by atoms with Crippen molar-refractivity contribution >= 4 is 23.0 Å². The van der Waals surface area contributed by atoms with Crippen molar-refractivity contribution in [1.82, 2.24) is 0 Å². The zero-order valence-electron chi connectivity index (χ0n) is 10.3. The van der Waals surface area contributed by atoms with E-state index in [0.29, 0.717) is 0 Å². The summed E-state index contributed by atoms with van der Waals surface area (Å²) in [5.74, 6) is -0.798. The largest absolute Gasteiger partial charge is 0.508 e. The number of aromatic hydroxyl groups is 4. The maximum atomic E-state index is 10.1. The predicted octanol–water partition coefficient (Wildman–Crippen LogP) is 2.91. The fraction of sp³-hybridized carbons (Fsp3) is 0.0769. The lowest BCUT2D eigenvalue weighted by Crippen LogP contribution is -1.88. The van der Waals surface area contributed by atoms with Crippen LogP contribution in [-0.4, -0.2) is 27.5 Å². The first-order chi connectivity index (χ1) is 9.47. The second kappa shape index (κ2) is 5.53. The van der Waals surface area contributed by atoms with Crippen molar-refractivity contribution in [3.05, 3.63) is 24.3 Å². The molecule has 20 heavy (non-hydrogen) atoms. The van der Waals surface area contributed by atoms with E-state index in [1.54, 1.807) is 23.0 Å². The third-order valence-corrected chi connectivity index (χ3v) is 3.19. The van der Waals surface area contributed by atoms with Crippen molar-refractivity contribution in [1.29, 1.82) is 0 Å². The predicted molar refractivity (Wildman–Crippen MR) is 79.7 cm³/mol. The lowest BCUT2D eigenvalue weighted by Gasteiger charge is -2.13. The van der Waals surface area contributed by atoms with E-state index in [9.17, 15) is 20.4 Å². The summed E-state index contributed by atoms with van der Waals surface area (Å²) in [6, 6.07) is 4.93. The van der Waals surface area contributed by atoms with E-state index < -0.39 is 0 Å². The molecule has 0 amide bonds. The molecular formula is C13H11IO6. The van der Waals surface area contributed by atoms with Gasteiger partial charge in [-0.15, -0.1) is 0 Å². The van der Waals surface area contributed by atoms with Crippen LogP contribution in [0.5, 0.6) is 34.5 Å². The second-order valence-electron chi connectivity index (χ2n) is 3.96. The van der Waals surface area contributed by atoms with Gasteiger partial charge >= 0.3 is 0 Å². The monoisotopic (exact) mass is 390 g/mol. The molecule has 0 radical (unpaired) electrons. The summed E-state index contributed by atoms with van der Waals surface area (Å²) in [6.07, 6.45) is 0. The molecule has 0 aliphatic heterocycles. The van der Waals surface area contributed by atoms with Gasteiger partial charge in [0.2, 0.25) is 0 Å². The van der Waals surface area contributed by atoms with Crippen LogP contribution in [0.3, 0.4) is 0 Å². The Labute approximate surface area is 128 Å².